The molecule has 0 amide bonds. The third kappa shape index (κ3) is 6.38. The van der Waals surface area contributed by atoms with E-state index in [2.05, 4.69) is 68.2 Å². The van der Waals surface area contributed by atoms with E-state index in [1.807, 2.05) is 26.0 Å². The third-order valence-electron chi connectivity index (χ3n) is 6.04. The Balaban J connectivity index is 0.00000133. The van der Waals surface area contributed by atoms with Crippen LogP contribution in [0.1, 0.15) is 58.6 Å². The molecule has 0 aromatic carbocycles. The van der Waals surface area contributed by atoms with Crippen molar-refractivity contribution in [3.63, 3.8) is 0 Å². The highest BCUT2D eigenvalue weighted by Gasteiger charge is 2.26. The number of H-pyrrole nitrogens is 1. The van der Waals surface area contributed by atoms with Gasteiger partial charge in [0.1, 0.15) is 17.7 Å². The maximum atomic E-state index is 6.18. The second kappa shape index (κ2) is 11.1. The molecular weight excluding hydrogens is 432 g/mol. The van der Waals surface area contributed by atoms with E-state index in [0.717, 1.165) is 31.1 Å². The number of likely N-dealkylation sites (N-methyl/N-ethyl adjacent to an activating group) is 1. The highest BCUT2D eigenvalue weighted by atomic mass is 16.7. The van der Waals surface area contributed by atoms with Crippen molar-refractivity contribution in [2.75, 3.05) is 37.3 Å². The molecule has 2 fully saturated rings. The van der Waals surface area contributed by atoms with Gasteiger partial charge in [-0.05, 0) is 38.3 Å². The normalized spacial score (nSPS) is 22.1. The van der Waals surface area contributed by atoms with E-state index in [4.69, 9.17) is 9.57 Å². The number of aromatic amines is 1. The number of hydrogen-bond donors (Lipinski definition) is 4. The molecule has 0 radical (unpaired) electrons. The third-order valence-corrected chi connectivity index (χ3v) is 6.04. The van der Waals surface area contributed by atoms with E-state index < -0.39 is 0 Å². The summed E-state index contributed by atoms with van der Waals surface area (Å²) < 4.78 is 6.18. The summed E-state index contributed by atoms with van der Waals surface area (Å²) in [5, 5.41) is 14.0. The number of nitrogens with zero attached hydrogens (tertiary/aromatic N) is 4. The number of likely N-dealkylation sites (tertiary alicyclic amines) is 1. The predicted octanol–water partition coefficient (Wildman–Crippen LogP) is 3.79. The van der Waals surface area contributed by atoms with Crippen molar-refractivity contribution in [1.29, 1.82) is 0 Å². The standard InChI is InChI=1S/C22H32N8O2.C2H6/c1-13(2)17-8-16(32-29-17)11-23-22-25-19(24-20-9-18(27-28-20)14-4-5-14)10-21(26-22)31-15-6-7-30(3)12-15;1-2/h8-10,13-15,17,29H,4-7,11-12H2,1-3H3,(H3,23,24,25,26,27,28);1-2H3. The number of nitrogens with one attached hydrogen (secondary N) is 4. The van der Waals surface area contributed by atoms with Crippen LogP contribution in [0.15, 0.2) is 24.0 Å². The summed E-state index contributed by atoms with van der Waals surface area (Å²) in [6.07, 6.45) is 5.65. The summed E-state index contributed by atoms with van der Waals surface area (Å²) in [5.74, 6) is 4.30. The zero-order chi connectivity index (χ0) is 24.1. The van der Waals surface area contributed by atoms with Gasteiger partial charge in [-0.15, -0.1) is 5.48 Å². The van der Waals surface area contributed by atoms with Crippen molar-refractivity contribution < 1.29 is 9.57 Å². The molecule has 4 N–H and O–H groups in total. The van der Waals surface area contributed by atoms with E-state index in [1.165, 1.54) is 18.5 Å². The SMILES string of the molecule is CC.CC(C)C1C=C(CNc2nc(Nc3cc(C4CC4)[nH]n3)cc(OC3CCN(C)C3)n2)ON1. The average molecular weight is 471 g/mol. The van der Waals surface area contributed by atoms with E-state index >= 15 is 0 Å². The Hall–Kier alpha value is -2.85. The van der Waals surface area contributed by atoms with Crippen LogP contribution in [-0.2, 0) is 4.84 Å². The maximum Gasteiger partial charge on any atom is 0.228 e. The molecule has 2 aliphatic heterocycles. The van der Waals surface area contributed by atoms with Gasteiger partial charge in [-0.25, -0.2) is 0 Å². The van der Waals surface area contributed by atoms with Crippen LogP contribution in [0.5, 0.6) is 5.88 Å². The predicted molar refractivity (Wildman–Crippen MR) is 133 cm³/mol. The quantitative estimate of drug-likeness (QED) is 0.435. The highest BCUT2D eigenvalue weighted by molar-refractivity contribution is 5.55. The molecule has 5 rings (SSSR count). The number of aromatic nitrogens is 4. The van der Waals surface area contributed by atoms with Gasteiger partial charge in [0.05, 0.1) is 12.6 Å². The number of hydrogen-bond acceptors (Lipinski definition) is 9. The van der Waals surface area contributed by atoms with E-state index in [1.54, 1.807) is 0 Å². The summed E-state index contributed by atoms with van der Waals surface area (Å²) in [5.41, 5.74) is 4.21. The molecule has 1 aliphatic carbocycles. The lowest BCUT2D eigenvalue weighted by atomic mass is 10.1. The van der Waals surface area contributed by atoms with Crippen LogP contribution < -0.4 is 20.9 Å². The summed E-state index contributed by atoms with van der Waals surface area (Å²) in [4.78, 5) is 17.1. The van der Waals surface area contributed by atoms with Crippen LogP contribution in [-0.4, -0.2) is 63.9 Å². The fourth-order valence-electron chi connectivity index (χ4n) is 3.93. The van der Waals surface area contributed by atoms with Gasteiger partial charge >= 0.3 is 0 Å². The molecule has 2 atom stereocenters. The second-order valence-corrected chi connectivity index (χ2v) is 9.29. The first-order valence-electron chi connectivity index (χ1n) is 12.5. The first-order chi connectivity index (χ1) is 16.5. The van der Waals surface area contributed by atoms with Crippen molar-refractivity contribution in [1.82, 2.24) is 30.5 Å². The minimum absolute atomic E-state index is 0.124. The Morgan fingerprint density at radius 1 is 1.18 bits per heavy atom. The fraction of sp³-hybridized carbons (Fsp3) is 0.625. The molecular formula is C24H38N8O2. The molecule has 2 unspecified atom stereocenters. The number of anilines is 3. The topological polar surface area (TPSA) is 112 Å². The summed E-state index contributed by atoms with van der Waals surface area (Å²) >= 11 is 0. The second-order valence-electron chi connectivity index (χ2n) is 9.29. The van der Waals surface area contributed by atoms with Crippen molar-refractivity contribution >= 4 is 17.6 Å². The van der Waals surface area contributed by atoms with E-state index in [-0.39, 0.29) is 12.1 Å². The van der Waals surface area contributed by atoms with Crippen molar-refractivity contribution in [2.45, 2.75) is 65.0 Å². The van der Waals surface area contributed by atoms with Crippen LogP contribution in [0, 0.1) is 5.92 Å². The Bertz CT molecular complexity index is 972. The van der Waals surface area contributed by atoms with Gasteiger partial charge in [-0.2, -0.15) is 15.1 Å². The lowest BCUT2D eigenvalue weighted by molar-refractivity contribution is 0.104. The molecule has 3 aliphatic rings. The molecule has 186 valence electrons. The van der Waals surface area contributed by atoms with Crippen molar-refractivity contribution in [3.05, 3.63) is 29.7 Å². The Kier molecular flexibility index (Phi) is 7.89. The molecule has 1 saturated heterocycles. The first-order valence-corrected chi connectivity index (χ1v) is 12.5. The van der Waals surface area contributed by atoms with Crippen LogP contribution in [0.2, 0.25) is 0 Å². The van der Waals surface area contributed by atoms with Gasteiger partial charge < -0.3 is 25.1 Å². The Morgan fingerprint density at radius 3 is 2.68 bits per heavy atom. The minimum atomic E-state index is 0.124. The van der Waals surface area contributed by atoms with Gasteiger partial charge in [0.15, 0.2) is 5.82 Å². The zero-order valence-electron chi connectivity index (χ0n) is 20.9. The van der Waals surface area contributed by atoms with E-state index in [0.29, 0.717) is 36.0 Å². The molecule has 10 nitrogen and oxygen atoms in total. The molecule has 34 heavy (non-hydrogen) atoms. The van der Waals surface area contributed by atoms with Gasteiger partial charge in [-0.3, -0.25) is 5.10 Å². The van der Waals surface area contributed by atoms with Gasteiger partial charge in [-0.1, -0.05) is 27.7 Å². The van der Waals surface area contributed by atoms with E-state index in [9.17, 15) is 0 Å². The molecule has 10 heteroatoms. The Morgan fingerprint density at radius 2 is 2.00 bits per heavy atom. The first kappa shape index (κ1) is 24.3. The molecule has 2 aromatic heterocycles. The zero-order valence-corrected chi connectivity index (χ0v) is 20.9. The summed E-state index contributed by atoms with van der Waals surface area (Å²) in [6, 6.07) is 4.09. The van der Waals surface area contributed by atoms with Gasteiger partial charge in [0.25, 0.3) is 0 Å². The lowest BCUT2D eigenvalue weighted by Gasteiger charge is -2.15. The van der Waals surface area contributed by atoms with Crippen molar-refractivity contribution in [3.8, 4) is 5.88 Å². The van der Waals surface area contributed by atoms with Crippen LogP contribution in [0.25, 0.3) is 0 Å². The maximum absolute atomic E-state index is 6.18. The van der Waals surface area contributed by atoms with Crippen molar-refractivity contribution in [2.24, 2.45) is 5.92 Å². The smallest absolute Gasteiger partial charge is 0.228 e. The average Bonchev–Trinajstić information content (AvgIpc) is 3.19. The lowest BCUT2D eigenvalue weighted by Crippen LogP contribution is -2.26. The largest absolute Gasteiger partial charge is 0.473 e. The molecule has 2 aromatic rings. The molecule has 4 heterocycles. The monoisotopic (exact) mass is 470 g/mol. The van der Waals surface area contributed by atoms with Crippen LogP contribution in [0.3, 0.4) is 0 Å². The molecule has 0 spiro atoms. The van der Waals surface area contributed by atoms with Gasteiger partial charge in [0.2, 0.25) is 11.8 Å². The number of ether oxygens (including phenoxy) is 1. The summed E-state index contributed by atoms with van der Waals surface area (Å²) in [7, 11) is 2.10. The van der Waals surface area contributed by atoms with Crippen LogP contribution >= 0.6 is 0 Å². The van der Waals surface area contributed by atoms with Crippen LogP contribution in [0.4, 0.5) is 17.6 Å². The fourth-order valence-corrected chi connectivity index (χ4v) is 3.93. The number of hydroxylamine groups is 1. The highest BCUT2D eigenvalue weighted by Crippen LogP contribution is 2.39. The molecule has 0 bridgehead atoms. The molecule has 1 saturated carbocycles. The van der Waals surface area contributed by atoms with Gasteiger partial charge in [0, 0.05) is 36.8 Å². The number of rotatable bonds is 9. The minimum Gasteiger partial charge on any atom is -0.473 e. The summed E-state index contributed by atoms with van der Waals surface area (Å²) in [6.45, 7) is 10.7. The Labute approximate surface area is 201 Å².